The predicted octanol–water partition coefficient (Wildman–Crippen LogP) is -1.20. The third-order valence-corrected chi connectivity index (χ3v) is 0.230. The second-order valence-electron chi connectivity index (χ2n) is 0.729. The van der Waals surface area contributed by atoms with E-state index in [1.54, 1.807) is 0 Å². The monoisotopic (exact) mass is 203 g/mol. The van der Waals surface area contributed by atoms with Crippen molar-refractivity contribution in [3.63, 3.8) is 0 Å². The molecule has 0 fully saturated rings. The van der Waals surface area contributed by atoms with Gasteiger partial charge in [0.15, 0.2) is 0 Å². The number of carboxylic acid groups (broad SMARTS) is 1. The molecule has 0 unspecified atom stereocenters. The number of rotatable bonds is 1. The molecule has 0 amide bonds. The van der Waals surface area contributed by atoms with Crippen LogP contribution in [0.5, 0.6) is 0 Å². The van der Waals surface area contributed by atoms with E-state index >= 15 is 0 Å². The van der Waals surface area contributed by atoms with Crippen LogP contribution in [-0.4, -0.2) is 36.9 Å². The third kappa shape index (κ3) is 10.7. The fourth-order valence-electron chi connectivity index (χ4n) is 0.0676. The standard InChI is InChI=1S/C3H3NO2.In.3H/c4-2-1-3(5)6;;;;/h1H2,(H,5,6);;;;. The van der Waals surface area contributed by atoms with Crippen molar-refractivity contribution < 1.29 is 9.90 Å². The molecule has 0 aromatic rings. The molecule has 0 aliphatic rings. The fraction of sp³-hybridized carbons (Fsp3) is 0.333. The van der Waals surface area contributed by atoms with Crippen LogP contribution in [0.25, 0.3) is 0 Å². The number of nitrogens with zero attached hydrogens (tertiary/aromatic N) is 1. The van der Waals surface area contributed by atoms with Crippen LogP contribution in [0.15, 0.2) is 0 Å². The van der Waals surface area contributed by atoms with Crippen molar-refractivity contribution in [2.75, 3.05) is 0 Å². The van der Waals surface area contributed by atoms with Crippen LogP contribution in [0, 0.1) is 11.3 Å². The van der Waals surface area contributed by atoms with Gasteiger partial charge in [-0.25, -0.2) is 0 Å². The van der Waals surface area contributed by atoms with Gasteiger partial charge in [-0.3, -0.25) is 4.79 Å². The SMILES string of the molecule is N#CCC(=O)O.[InH3]. The molecule has 0 rings (SSSR count). The summed E-state index contributed by atoms with van der Waals surface area (Å²) in [6.45, 7) is 0. The number of hydrogen-bond donors (Lipinski definition) is 1. The summed E-state index contributed by atoms with van der Waals surface area (Å²) in [7, 11) is 0. The van der Waals surface area contributed by atoms with E-state index in [2.05, 4.69) is 0 Å². The Morgan fingerprint density at radius 2 is 2.29 bits per heavy atom. The minimum atomic E-state index is -1.07. The topological polar surface area (TPSA) is 61.1 Å². The zero-order valence-corrected chi connectivity index (χ0v) is 3.01. The van der Waals surface area contributed by atoms with Gasteiger partial charge in [0.05, 0.1) is 6.07 Å². The summed E-state index contributed by atoms with van der Waals surface area (Å²) in [6.07, 6.45) is -0.403. The average molecular weight is 203 g/mol. The van der Waals surface area contributed by atoms with Crippen LogP contribution in [0.4, 0.5) is 0 Å². The molecule has 0 saturated heterocycles. The van der Waals surface area contributed by atoms with E-state index in [4.69, 9.17) is 10.4 Å². The summed E-state index contributed by atoms with van der Waals surface area (Å²) in [5.41, 5.74) is 0. The van der Waals surface area contributed by atoms with Gasteiger partial charge in [0.2, 0.25) is 0 Å². The molecule has 0 aliphatic carbocycles. The molecule has 0 aromatic carbocycles. The Labute approximate surface area is 59.7 Å². The van der Waals surface area contributed by atoms with Gasteiger partial charge >= 0.3 is 31.8 Å². The zero-order chi connectivity index (χ0) is 4.99. The van der Waals surface area contributed by atoms with Gasteiger partial charge in [-0.05, 0) is 0 Å². The molecular weight excluding hydrogens is 197 g/mol. The predicted molar refractivity (Wildman–Crippen MR) is 27.8 cm³/mol. The Kier molecular flexibility index (Phi) is 8.29. The molecule has 0 heterocycles. The van der Waals surface area contributed by atoms with Gasteiger partial charge in [-0.15, -0.1) is 0 Å². The van der Waals surface area contributed by atoms with Crippen molar-refractivity contribution in [3.8, 4) is 6.07 Å². The summed E-state index contributed by atoms with van der Waals surface area (Å²) in [6, 6.07) is 1.47. The van der Waals surface area contributed by atoms with E-state index in [0.717, 1.165) is 0 Å². The number of hydrogen-bond acceptors (Lipinski definition) is 2. The molecule has 38 valence electrons. The van der Waals surface area contributed by atoms with Crippen LogP contribution in [0.1, 0.15) is 6.42 Å². The Morgan fingerprint density at radius 3 is 2.29 bits per heavy atom. The van der Waals surface area contributed by atoms with Crippen LogP contribution < -0.4 is 0 Å². The molecule has 0 saturated carbocycles. The zero-order valence-electron chi connectivity index (χ0n) is 3.01. The van der Waals surface area contributed by atoms with Gasteiger partial charge in [-0.2, -0.15) is 5.26 Å². The summed E-state index contributed by atoms with van der Waals surface area (Å²) in [5.74, 6) is -1.07. The van der Waals surface area contributed by atoms with E-state index in [1.807, 2.05) is 0 Å². The second-order valence-corrected chi connectivity index (χ2v) is 0.729. The third-order valence-electron chi connectivity index (χ3n) is 0.230. The summed E-state index contributed by atoms with van der Waals surface area (Å²) in [5, 5.41) is 15.3. The molecule has 1 N–H and O–H groups in total. The average Bonchev–Trinajstić information content (AvgIpc) is 1.35. The molecule has 0 spiro atoms. The van der Waals surface area contributed by atoms with Crippen LogP contribution in [0.2, 0.25) is 0 Å². The number of aliphatic carboxylic acids is 1. The van der Waals surface area contributed by atoms with Gasteiger partial charge < -0.3 is 5.11 Å². The van der Waals surface area contributed by atoms with Crippen LogP contribution in [-0.2, 0) is 4.79 Å². The second kappa shape index (κ2) is 5.83. The van der Waals surface area contributed by atoms with E-state index in [0.29, 0.717) is 0 Å². The van der Waals surface area contributed by atoms with Crippen molar-refractivity contribution >= 4 is 31.8 Å². The molecule has 0 atom stereocenters. The maximum absolute atomic E-state index is 9.38. The van der Waals surface area contributed by atoms with Crippen molar-refractivity contribution in [3.05, 3.63) is 0 Å². The molecular formula is C3H6InNO2. The van der Waals surface area contributed by atoms with Crippen LogP contribution >= 0.6 is 0 Å². The number of nitriles is 1. The van der Waals surface area contributed by atoms with Crippen molar-refractivity contribution in [1.82, 2.24) is 0 Å². The first-order valence-electron chi connectivity index (χ1n) is 1.36. The summed E-state index contributed by atoms with van der Waals surface area (Å²) in [4.78, 5) is 9.38. The van der Waals surface area contributed by atoms with E-state index in [9.17, 15) is 4.79 Å². The van der Waals surface area contributed by atoms with E-state index < -0.39 is 12.4 Å². The van der Waals surface area contributed by atoms with Crippen LogP contribution in [0.3, 0.4) is 0 Å². The minimum absolute atomic E-state index is 0. The van der Waals surface area contributed by atoms with Crippen molar-refractivity contribution in [2.45, 2.75) is 6.42 Å². The molecule has 4 heteroatoms. The first-order valence-corrected chi connectivity index (χ1v) is 1.36. The van der Waals surface area contributed by atoms with Gasteiger partial charge in [-0.1, -0.05) is 0 Å². The molecule has 0 aromatic heterocycles. The number of carbonyl (C=O) groups is 1. The molecule has 7 heavy (non-hydrogen) atoms. The first kappa shape index (κ1) is 9.95. The number of carboxylic acids is 1. The van der Waals surface area contributed by atoms with Gasteiger partial charge in [0.1, 0.15) is 6.42 Å². The van der Waals surface area contributed by atoms with Gasteiger partial charge in [0, 0.05) is 0 Å². The maximum atomic E-state index is 9.38. The Bertz CT molecular complexity index is 95.6. The fourth-order valence-corrected chi connectivity index (χ4v) is 0.0676. The Balaban J connectivity index is 0. The quantitative estimate of drug-likeness (QED) is 0.582. The van der Waals surface area contributed by atoms with Crippen molar-refractivity contribution in [2.24, 2.45) is 0 Å². The Morgan fingerprint density at radius 1 is 1.86 bits per heavy atom. The summed E-state index contributed by atoms with van der Waals surface area (Å²) < 4.78 is 0. The summed E-state index contributed by atoms with van der Waals surface area (Å²) >= 11 is 0. The normalized spacial score (nSPS) is 5.57. The van der Waals surface area contributed by atoms with E-state index in [1.165, 1.54) is 6.07 Å². The Hall–Kier alpha value is -0.170. The van der Waals surface area contributed by atoms with Gasteiger partial charge in [0.25, 0.3) is 0 Å². The molecule has 0 radical (unpaired) electrons. The first-order chi connectivity index (χ1) is 2.77. The molecule has 0 aliphatic heterocycles. The van der Waals surface area contributed by atoms with E-state index in [-0.39, 0.29) is 25.8 Å². The molecule has 3 nitrogen and oxygen atoms in total. The van der Waals surface area contributed by atoms with Crippen molar-refractivity contribution in [1.29, 1.82) is 5.26 Å². The molecule has 0 bridgehead atoms.